The van der Waals surface area contributed by atoms with Crippen molar-refractivity contribution in [3.8, 4) is 0 Å². The molecule has 1 fully saturated rings. The molecule has 1 heterocycles. The number of aliphatic imine (C=N–C) groups is 1. The molecule has 1 aliphatic rings. The van der Waals surface area contributed by atoms with Crippen LogP contribution in [0, 0.1) is 23.7 Å². The van der Waals surface area contributed by atoms with E-state index in [0.29, 0.717) is 35.7 Å². The molecule has 0 aromatic heterocycles. The summed E-state index contributed by atoms with van der Waals surface area (Å²) in [4.78, 5) is 125. The molecule has 420 valence electrons. The fourth-order valence-corrected chi connectivity index (χ4v) is 8.98. The van der Waals surface area contributed by atoms with Crippen molar-refractivity contribution in [2.45, 2.75) is 143 Å². The van der Waals surface area contributed by atoms with Crippen LogP contribution in [-0.2, 0) is 59.2 Å². The van der Waals surface area contributed by atoms with E-state index >= 15 is 0 Å². The van der Waals surface area contributed by atoms with Crippen LogP contribution >= 0.6 is 11.8 Å². The van der Waals surface area contributed by atoms with Gasteiger partial charge in [-0.25, -0.2) is 4.79 Å². The van der Waals surface area contributed by atoms with E-state index in [2.05, 4.69) is 48.8 Å². The molecule has 1 saturated heterocycles. The van der Waals surface area contributed by atoms with Gasteiger partial charge in [0.25, 0.3) is 0 Å². The SMILES string of the molecule is C=CN=C(CNC(=O)[C@H](C)[C@@H](OC)[C@@H]1CCCN1C(=O)C[C@@H](OC)[C@H]([C@@H](C)CC)N(C)C(=O)[C@@H](NC(=O)C(C)(C)NC(=O)OCc1ccc(NC(=O)CNC(=O)[C@@H](NC(=O)CNC(C)=O)C(C)C)cc1)C(C)C)SC. The average molecular weight is 1070 g/mol. The van der Waals surface area contributed by atoms with Gasteiger partial charge in [0.1, 0.15) is 24.2 Å². The Morgan fingerprint density at radius 3 is 2.03 bits per heavy atom. The summed E-state index contributed by atoms with van der Waals surface area (Å²) in [5.74, 6) is -4.98. The van der Waals surface area contributed by atoms with Crippen LogP contribution in [0.5, 0.6) is 0 Å². The maximum Gasteiger partial charge on any atom is 0.408 e. The summed E-state index contributed by atoms with van der Waals surface area (Å²) in [5, 5.41) is 19.1. The van der Waals surface area contributed by atoms with Crippen LogP contribution in [-0.4, -0.2) is 164 Å². The monoisotopic (exact) mass is 1070 g/mol. The lowest BCUT2D eigenvalue weighted by atomic mass is 9.89. The highest BCUT2D eigenvalue weighted by molar-refractivity contribution is 8.13. The van der Waals surface area contributed by atoms with Crippen molar-refractivity contribution in [3.05, 3.63) is 42.6 Å². The number of amides is 9. The maximum atomic E-state index is 14.5. The first-order valence-corrected chi connectivity index (χ1v) is 26.6. The molecule has 8 atom stereocenters. The largest absolute Gasteiger partial charge is 0.445 e. The number of anilines is 1. The van der Waals surface area contributed by atoms with E-state index in [1.54, 1.807) is 75.7 Å². The van der Waals surface area contributed by atoms with Crippen molar-refractivity contribution in [3.63, 3.8) is 0 Å². The topological polar surface area (TPSA) is 284 Å². The number of hydrogen-bond acceptors (Lipinski definition) is 14. The number of carbonyl (C=O) groups excluding carboxylic acids is 9. The summed E-state index contributed by atoms with van der Waals surface area (Å²) in [6.45, 7) is 20.4. The number of carbonyl (C=O) groups is 9. The van der Waals surface area contributed by atoms with Crippen molar-refractivity contribution < 1.29 is 57.4 Å². The zero-order chi connectivity index (χ0) is 56.7. The summed E-state index contributed by atoms with van der Waals surface area (Å²) < 4.78 is 17.3. The summed E-state index contributed by atoms with van der Waals surface area (Å²) in [6, 6.07) is 3.43. The Morgan fingerprint density at radius 2 is 1.48 bits per heavy atom. The lowest BCUT2D eigenvalue weighted by Gasteiger charge is -2.41. The van der Waals surface area contributed by atoms with Crippen LogP contribution in [0.4, 0.5) is 10.5 Å². The first-order chi connectivity index (χ1) is 35.3. The number of thioether (sulfide) groups is 1. The summed E-state index contributed by atoms with van der Waals surface area (Å²) in [5.41, 5.74) is -0.596. The number of hydrogen-bond donors (Lipinski definition) is 7. The molecule has 0 aliphatic carbocycles. The minimum absolute atomic E-state index is 0.0565. The van der Waals surface area contributed by atoms with E-state index in [4.69, 9.17) is 14.2 Å². The van der Waals surface area contributed by atoms with Crippen molar-refractivity contribution in [2.75, 3.05) is 59.0 Å². The van der Waals surface area contributed by atoms with Gasteiger partial charge in [-0.1, -0.05) is 73.6 Å². The minimum atomic E-state index is -1.54. The standard InChI is InChI=1S/C52H84N10O12S/c1-16-32(7)45(38(72-13)25-42(66)62-24-18-19-37(62)46(73-14)33(8)47(67)56-28-41(75-15)53-17-2)61(12)49(69)44(31(5)6)59-50(70)52(10,11)60-51(71)74-29-35-20-22-36(23-21-35)57-39(64)27-55-48(68)43(30(3)4)58-40(65)26-54-34(9)63/h17,20-23,30-33,37-38,43-46H,2,16,18-19,24-29H2,1,3-15H3,(H,54,63)(H,55,68)(H,56,67)(H,57,64)(H,58,65)(H,59,70)(H,60,71)/t32-,33+,37-,38+,43-,44-,45-,46+/m0/s1. The number of nitrogens with zero attached hydrogens (tertiary/aromatic N) is 3. The zero-order valence-electron chi connectivity index (χ0n) is 46.4. The van der Waals surface area contributed by atoms with Crippen molar-refractivity contribution in [1.82, 2.24) is 41.7 Å². The predicted octanol–water partition coefficient (Wildman–Crippen LogP) is 3.11. The van der Waals surface area contributed by atoms with Crippen molar-refractivity contribution in [1.29, 1.82) is 0 Å². The highest BCUT2D eigenvalue weighted by Crippen LogP contribution is 2.30. The number of rotatable bonds is 29. The maximum absolute atomic E-state index is 14.5. The van der Waals surface area contributed by atoms with Gasteiger partial charge in [-0.3, -0.25) is 43.3 Å². The molecule has 2 rings (SSSR count). The molecule has 0 radical (unpaired) electrons. The molecule has 1 aliphatic heterocycles. The van der Waals surface area contributed by atoms with Crippen molar-refractivity contribution in [2.24, 2.45) is 28.7 Å². The number of ether oxygens (including phenoxy) is 3. The lowest BCUT2D eigenvalue weighted by molar-refractivity contribution is -0.148. The first-order valence-electron chi connectivity index (χ1n) is 25.3. The Kier molecular flexibility index (Phi) is 27.5. The van der Waals surface area contributed by atoms with Gasteiger partial charge in [-0.15, -0.1) is 11.8 Å². The van der Waals surface area contributed by atoms with Gasteiger partial charge in [0, 0.05) is 46.6 Å². The van der Waals surface area contributed by atoms with Gasteiger partial charge in [-0.05, 0) is 68.4 Å². The normalized spacial score (nSPS) is 16.5. The summed E-state index contributed by atoms with van der Waals surface area (Å²) >= 11 is 1.41. The minimum Gasteiger partial charge on any atom is -0.445 e. The second-order valence-electron chi connectivity index (χ2n) is 19.9. The zero-order valence-corrected chi connectivity index (χ0v) is 47.2. The number of alkyl carbamates (subject to hydrolysis) is 1. The summed E-state index contributed by atoms with van der Waals surface area (Å²) in [7, 11) is 4.67. The lowest BCUT2D eigenvalue weighted by Crippen LogP contribution is -2.62. The van der Waals surface area contributed by atoms with Crippen LogP contribution < -0.4 is 37.2 Å². The Hall–Kier alpha value is -6.07. The highest BCUT2D eigenvalue weighted by atomic mass is 32.2. The third-order valence-corrected chi connectivity index (χ3v) is 13.9. The Bertz CT molecular complexity index is 2160. The number of benzene rings is 1. The predicted molar refractivity (Wildman–Crippen MR) is 288 cm³/mol. The van der Waals surface area contributed by atoms with E-state index in [9.17, 15) is 43.2 Å². The molecule has 1 aromatic rings. The fraction of sp³-hybridized carbons (Fsp3) is 0.654. The quantitative estimate of drug-likeness (QED) is 0.0449. The molecule has 75 heavy (non-hydrogen) atoms. The van der Waals surface area contributed by atoms with Gasteiger partial charge in [0.2, 0.25) is 47.3 Å². The van der Waals surface area contributed by atoms with Gasteiger partial charge in [0.05, 0.1) is 61.3 Å². The summed E-state index contributed by atoms with van der Waals surface area (Å²) in [6.07, 6.45) is 2.99. The fourth-order valence-electron chi connectivity index (χ4n) is 8.58. The van der Waals surface area contributed by atoms with Crippen LogP contribution in [0.3, 0.4) is 0 Å². The van der Waals surface area contributed by atoms with E-state index in [1.165, 1.54) is 53.0 Å². The molecule has 0 bridgehead atoms. The molecule has 9 amide bonds. The van der Waals surface area contributed by atoms with Crippen LogP contribution in [0.1, 0.15) is 100 Å². The van der Waals surface area contributed by atoms with Gasteiger partial charge in [0.15, 0.2) is 0 Å². The molecule has 0 saturated carbocycles. The van der Waals surface area contributed by atoms with Gasteiger partial charge in [-0.2, -0.15) is 0 Å². The number of nitrogens with one attached hydrogen (secondary N) is 7. The third-order valence-electron chi connectivity index (χ3n) is 13.1. The van der Waals surface area contributed by atoms with Crippen LogP contribution in [0.2, 0.25) is 0 Å². The molecule has 7 N–H and O–H groups in total. The number of methoxy groups -OCH3 is 2. The highest BCUT2D eigenvalue weighted by Gasteiger charge is 2.43. The number of likely N-dealkylation sites (N-methyl/N-ethyl adjacent to an activating group) is 1. The first kappa shape index (κ1) is 65.0. The molecule has 0 spiro atoms. The second-order valence-corrected chi connectivity index (χ2v) is 20.8. The van der Waals surface area contributed by atoms with Crippen molar-refractivity contribution >= 4 is 75.8 Å². The molecule has 23 heteroatoms. The second kappa shape index (κ2) is 31.7. The van der Waals surface area contributed by atoms with Crippen LogP contribution in [0.25, 0.3) is 0 Å². The molecule has 0 unspecified atom stereocenters. The Labute approximate surface area is 447 Å². The van der Waals surface area contributed by atoms with E-state index < -0.39 is 89.2 Å². The Balaban J connectivity index is 2.07. The van der Waals surface area contributed by atoms with Gasteiger partial charge >= 0.3 is 6.09 Å². The molecule has 1 aromatic carbocycles. The molecular formula is C52H84N10O12S. The van der Waals surface area contributed by atoms with Gasteiger partial charge < -0.3 is 61.2 Å². The van der Waals surface area contributed by atoms with E-state index in [0.717, 1.165) is 6.42 Å². The number of likely N-dealkylation sites (tertiary alicyclic amines) is 1. The van der Waals surface area contributed by atoms with E-state index in [1.807, 2.05) is 20.1 Å². The average Bonchev–Trinajstić information content (AvgIpc) is 3.85. The smallest absolute Gasteiger partial charge is 0.408 e. The molecular weight excluding hydrogens is 989 g/mol. The Morgan fingerprint density at radius 1 is 0.867 bits per heavy atom. The van der Waals surface area contributed by atoms with E-state index in [-0.39, 0.29) is 62.4 Å². The molecule has 22 nitrogen and oxygen atoms in total. The van der Waals surface area contributed by atoms with Crippen LogP contribution in [0.15, 0.2) is 42.0 Å². The third kappa shape index (κ3) is 20.5.